The van der Waals surface area contributed by atoms with Crippen LogP contribution in [0.2, 0.25) is 5.02 Å². The highest BCUT2D eigenvalue weighted by Gasteiger charge is 2.34. The van der Waals surface area contributed by atoms with Crippen molar-refractivity contribution in [2.24, 2.45) is 0 Å². The summed E-state index contributed by atoms with van der Waals surface area (Å²) in [5.74, 6) is 0.844. The zero-order valence-electron chi connectivity index (χ0n) is 21.3. The number of alkyl halides is 3. The topological polar surface area (TPSA) is 128 Å². The summed E-state index contributed by atoms with van der Waals surface area (Å²) in [5, 5.41) is 11.9. The van der Waals surface area contributed by atoms with E-state index in [0.717, 1.165) is 38.1 Å². The molecule has 0 atom stereocenters. The van der Waals surface area contributed by atoms with Crippen LogP contribution in [-0.4, -0.2) is 57.3 Å². The number of urea groups is 1. The number of benzene rings is 2. The van der Waals surface area contributed by atoms with Crippen molar-refractivity contribution in [3.05, 3.63) is 65.8 Å². The van der Waals surface area contributed by atoms with Crippen molar-refractivity contribution < 1.29 is 31.9 Å². The van der Waals surface area contributed by atoms with Crippen molar-refractivity contribution >= 4 is 29.0 Å². The van der Waals surface area contributed by atoms with E-state index in [1.54, 1.807) is 24.3 Å². The molecule has 0 radical (unpaired) electrons. The van der Waals surface area contributed by atoms with Gasteiger partial charge in [-0.1, -0.05) is 11.6 Å². The van der Waals surface area contributed by atoms with E-state index in [1.165, 1.54) is 18.8 Å². The van der Waals surface area contributed by atoms with Gasteiger partial charge in [-0.15, -0.1) is 10.2 Å². The smallest absolute Gasteiger partial charge is 0.417 e. The molecule has 5 rings (SSSR count). The quantitative estimate of drug-likeness (QED) is 0.238. The lowest BCUT2D eigenvalue weighted by Gasteiger charge is -2.19. The molecule has 2 aromatic carbocycles. The summed E-state index contributed by atoms with van der Waals surface area (Å²) in [5.41, 5.74) is -0.528. The molecule has 0 spiro atoms. The molecule has 1 fully saturated rings. The van der Waals surface area contributed by atoms with Gasteiger partial charge in [0.2, 0.25) is 12.3 Å². The standard InChI is InChI=1S/C26H23ClF3N7O4/c27-19-12-22(39-10-9-37-7-1-2-8-37)20(11-18(19)26(28,29)30)35-25(38)34-16-3-5-17(6-4-16)41-23-13-21(31-14-32-23)24-36-33-15-40-24/h3-6,11-15H,1-2,7-10H2,(H2,34,35,38). The normalized spacial score (nSPS) is 13.7. The molecule has 0 unspecified atom stereocenters. The van der Waals surface area contributed by atoms with Crippen LogP contribution in [0.15, 0.2) is 59.6 Å². The molecule has 0 bridgehead atoms. The first-order valence-electron chi connectivity index (χ1n) is 12.4. The van der Waals surface area contributed by atoms with Gasteiger partial charge in [-0.25, -0.2) is 14.8 Å². The molecule has 214 valence electrons. The van der Waals surface area contributed by atoms with E-state index in [9.17, 15) is 18.0 Å². The average Bonchev–Trinajstić information content (AvgIpc) is 3.66. The highest BCUT2D eigenvalue weighted by atomic mass is 35.5. The second-order valence-electron chi connectivity index (χ2n) is 8.91. The Morgan fingerprint density at radius 2 is 1.85 bits per heavy atom. The fourth-order valence-electron chi connectivity index (χ4n) is 4.09. The summed E-state index contributed by atoms with van der Waals surface area (Å²) < 4.78 is 57.0. The maximum Gasteiger partial charge on any atom is 0.417 e. The van der Waals surface area contributed by atoms with Crippen LogP contribution in [0.3, 0.4) is 0 Å². The second-order valence-corrected chi connectivity index (χ2v) is 9.32. The molecule has 2 amide bonds. The third kappa shape index (κ3) is 7.41. The first-order chi connectivity index (χ1) is 19.7. The van der Waals surface area contributed by atoms with Crippen LogP contribution in [-0.2, 0) is 6.18 Å². The molecular formula is C26H23ClF3N7O4. The van der Waals surface area contributed by atoms with Crippen molar-refractivity contribution in [3.8, 4) is 29.0 Å². The number of anilines is 2. The summed E-state index contributed by atoms with van der Waals surface area (Å²) in [6, 6.07) is 8.79. The number of amides is 2. The van der Waals surface area contributed by atoms with Crippen LogP contribution < -0.4 is 20.1 Å². The number of nitrogens with one attached hydrogen (secondary N) is 2. The minimum Gasteiger partial charge on any atom is -0.490 e. The van der Waals surface area contributed by atoms with Crippen molar-refractivity contribution in [1.29, 1.82) is 0 Å². The lowest BCUT2D eigenvalue weighted by Crippen LogP contribution is -2.25. The number of hydrogen-bond acceptors (Lipinski definition) is 9. The maximum atomic E-state index is 13.5. The molecule has 2 N–H and O–H groups in total. The lowest BCUT2D eigenvalue weighted by molar-refractivity contribution is -0.137. The number of hydrogen-bond donors (Lipinski definition) is 2. The Kier molecular flexibility index (Phi) is 8.50. The number of likely N-dealkylation sites (tertiary alicyclic amines) is 1. The molecule has 41 heavy (non-hydrogen) atoms. The highest BCUT2D eigenvalue weighted by Crippen LogP contribution is 2.40. The van der Waals surface area contributed by atoms with Crippen molar-refractivity contribution in [3.63, 3.8) is 0 Å². The zero-order chi connectivity index (χ0) is 28.8. The van der Waals surface area contributed by atoms with Gasteiger partial charge in [-0.2, -0.15) is 13.2 Å². The van der Waals surface area contributed by atoms with Crippen LogP contribution in [0.1, 0.15) is 18.4 Å². The molecule has 2 aromatic heterocycles. The molecule has 11 nitrogen and oxygen atoms in total. The summed E-state index contributed by atoms with van der Waals surface area (Å²) in [4.78, 5) is 23.0. The van der Waals surface area contributed by atoms with Gasteiger partial charge in [0.15, 0.2) is 0 Å². The largest absolute Gasteiger partial charge is 0.490 e. The van der Waals surface area contributed by atoms with Gasteiger partial charge in [0, 0.05) is 24.4 Å². The van der Waals surface area contributed by atoms with Crippen molar-refractivity contribution in [2.45, 2.75) is 19.0 Å². The van der Waals surface area contributed by atoms with E-state index in [0.29, 0.717) is 23.7 Å². The molecule has 0 aliphatic carbocycles. The fourth-order valence-corrected chi connectivity index (χ4v) is 4.35. The summed E-state index contributed by atoms with van der Waals surface area (Å²) in [6.07, 6.45) is -0.0834. The van der Waals surface area contributed by atoms with Crippen molar-refractivity contribution in [1.82, 2.24) is 25.1 Å². The van der Waals surface area contributed by atoms with E-state index in [2.05, 4.69) is 35.7 Å². The number of carbonyl (C=O) groups excluding carboxylic acids is 1. The van der Waals surface area contributed by atoms with Gasteiger partial charge in [0.05, 0.1) is 16.3 Å². The molecule has 0 saturated carbocycles. The second kappa shape index (κ2) is 12.4. The third-order valence-electron chi connectivity index (χ3n) is 6.04. The number of ether oxygens (including phenoxy) is 2. The van der Waals surface area contributed by atoms with Gasteiger partial charge in [-0.3, -0.25) is 4.90 Å². The van der Waals surface area contributed by atoms with Gasteiger partial charge in [-0.05, 0) is 56.3 Å². The number of rotatable bonds is 9. The maximum absolute atomic E-state index is 13.5. The van der Waals surface area contributed by atoms with Crippen LogP contribution in [0.25, 0.3) is 11.6 Å². The fraction of sp³-hybridized carbons (Fsp3) is 0.269. The molecule has 1 saturated heterocycles. The van der Waals surface area contributed by atoms with Crippen LogP contribution in [0, 0.1) is 0 Å². The number of aromatic nitrogens is 4. The predicted molar refractivity (Wildman–Crippen MR) is 142 cm³/mol. The minimum atomic E-state index is -4.72. The number of halogens is 4. The Labute approximate surface area is 236 Å². The van der Waals surface area contributed by atoms with Gasteiger partial charge < -0.3 is 24.5 Å². The lowest BCUT2D eigenvalue weighted by atomic mass is 10.1. The minimum absolute atomic E-state index is 0.0332. The molecule has 1 aliphatic rings. The van der Waals surface area contributed by atoms with Gasteiger partial charge in [0.25, 0.3) is 5.89 Å². The summed E-state index contributed by atoms with van der Waals surface area (Å²) in [6.45, 7) is 2.71. The first kappa shape index (κ1) is 28.1. The summed E-state index contributed by atoms with van der Waals surface area (Å²) in [7, 11) is 0. The highest BCUT2D eigenvalue weighted by molar-refractivity contribution is 6.31. The average molecular weight is 590 g/mol. The SMILES string of the molecule is O=C(Nc1ccc(Oc2cc(-c3nnco3)ncn2)cc1)Nc1cc(C(F)(F)F)c(Cl)cc1OCCN1CCCC1. The van der Waals surface area contributed by atoms with E-state index in [-0.39, 0.29) is 29.8 Å². The summed E-state index contributed by atoms with van der Waals surface area (Å²) >= 11 is 5.90. The Bertz CT molecular complexity index is 1480. The molecular weight excluding hydrogens is 567 g/mol. The van der Waals surface area contributed by atoms with E-state index < -0.39 is 22.8 Å². The Balaban J connectivity index is 1.23. The van der Waals surface area contributed by atoms with Crippen LogP contribution in [0.5, 0.6) is 17.4 Å². The van der Waals surface area contributed by atoms with Crippen LogP contribution >= 0.6 is 11.6 Å². The molecule has 3 heterocycles. The monoisotopic (exact) mass is 589 g/mol. The molecule has 1 aliphatic heterocycles. The Morgan fingerprint density at radius 3 is 2.56 bits per heavy atom. The van der Waals surface area contributed by atoms with Crippen molar-refractivity contribution in [2.75, 3.05) is 36.9 Å². The van der Waals surface area contributed by atoms with E-state index in [1.807, 2.05) is 0 Å². The predicted octanol–water partition coefficient (Wildman–Crippen LogP) is 6.11. The molecule has 4 aromatic rings. The Morgan fingerprint density at radius 1 is 1.07 bits per heavy atom. The van der Waals surface area contributed by atoms with Gasteiger partial charge >= 0.3 is 12.2 Å². The van der Waals surface area contributed by atoms with E-state index in [4.69, 9.17) is 25.5 Å². The zero-order valence-corrected chi connectivity index (χ0v) is 22.1. The number of carbonyl (C=O) groups is 1. The van der Waals surface area contributed by atoms with Crippen LogP contribution in [0.4, 0.5) is 29.3 Å². The Hall–Kier alpha value is -4.43. The number of nitrogens with zero attached hydrogens (tertiary/aromatic N) is 5. The first-order valence-corrected chi connectivity index (χ1v) is 12.8. The van der Waals surface area contributed by atoms with Gasteiger partial charge in [0.1, 0.15) is 30.1 Å². The molecule has 15 heteroatoms. The third-order valence-corrected chi connectivity index (χ3v) is 6.36. The van der Waals surface area contributed by atoms with E-state index >= 15 is 0 Å².